The minimum atomic E-state index is -0.0996. The Morgan fingerprint density at radius 2 is 2.19 bits per heavy atom. The normalized spacial score (nSPS) is 13.8. The Labute approximate surface area is 107 Å². The van der Waals surface area contributed by atoms with Gasteiger partial charge in [0, 0.05) is 24.4 Å². The van der Waals surface area contributed by atoms with Crippen molar-refractivity contribution in [2.24, 2.45) is 11.7 Å². The maximum Gasteiger partial charge on any atom is 0.226 e. The van der Waals surface area contributed by atoms with Gasteiger partial charge in [-0.3, -0.25) is 4.79 Å². The SMILES string of the molecule is CC(CN)C(=O)N(C)C(C)c1cccs1.Cl. The number of hydrogen-bond acceptors (Lipinski definition) is 3. The van der Waals surface area contributed by atoms with Crippen LogP contribution in [0.2, 0.25) is 0 Å². The summed E-state index contributed by atoms with van der Waals surface area (Å²) in [6.07, 6.45) is 0. The maximum atomic E-state index is 11.9. The molecule has 0 aliphatic carbocycles. The summed E-state index contributed by atoms with van der Waals surface area (Å²) >= 11 is 1.67. The third-order valence-electron chi connectivity index (χ3n) is 2.66. The standard InChI is InChI=1S/C11H18N2OS.ClH/c1-8(7-12)11(14)13(3)9(2)10-5-4-6-15-10;/h4-6,8-9H,7,12H2,1-3H3;1H. The van der Waals surface area contributed by atoms with Crippen LogP contribution in [0.15, 0.2) is 17.5 Å². The molecule has 2 N–H and O–H groups in total. The van der Waals surface area contributed by atoms with E-state index in [2.05, 4.69) is 0 Å². The molecule has 0 aromatic carbocycles. The van der Waals surface area contributed by atoms with Gasteiger partial charge in [-0.25, -0.2) is 0 Å². The van der Waals surface area contributed by atoms with Crippen LogP contribution in [-0.2, 0) is 4.79 Å². The fourth-order valence-electron chi connectivity index (χ4n) is 1.36. The van der Waals surface area contributed by atoms with E-state index in [0.29, 0.717) is 6.54 Å². The fraction of sp³-hybridized carbons (Fsp3) is 0.545. The minimum absolute atomic E-state index is 0. The lowest BCUT2D eigenvalue weighted by atomic mass is 10.1. The molecule has 92 valence electrons. The highest BCUT2D eigenvalue weighted by Crippen LogP contribution is 2.24. The van der Waals surface area contributed by atoms with Crippen LogP contribution in [0.5, 0.6) is 0 Å². The van der Waals surface area contributed by atoms with Gasteiger partial charge in [-0.2, -0.15) is 0 Å². The zero-order valence-electron chi connectivity index (χ0n) is 9.84. The lowest BCUT2D eigenvalue weighted by molar-refractivity contribution is -0.135. The molecule has 1 heterocycles. The number of nitrogens with two attached hydrogens (primary N) is 1. The quantitative estimate of drug-likeness (QED) is 0.905. The van der Waals surface area contributed by atoms with Crippen LogP contribution in [0.25, 0.3) is 0 Å². The van der Waals surface area contributed by atoms with Crippen molar-refractivity contribution in [2.45, 2.75) is 19.9 Å². The van der Waals surface area contributed by atoms with Crippen LogP contribution in [0, 0.1) is 5.92 Å². The number of nitrogens with zero attached hydrogens (tertiary/aromatic N) is 1. The molecular formula is C11H19ClN2OS. The van der Waals surface area contributed by atoms with E-state index < -0.39 is 0 Å². The van der Waals surface area contributed by atoms with Gasteiger partial charge in [0.05, 0.1) is 6.04 Å². The Kier molecular flexibility index (Phi) is 6.64. The number of hydrogen-bond donors (Lipinski definition) is 1. The van der Waals surface area contributed by atoms with Gasteiger partial charge in [0.15, 0.2) is 0 Å². The molecule has 0 aliphatic heterocycles. The molecule has 1 rings (SSSR count). The number of amides is 1. The molecule has 5 heteroatoms. The third kappa shape index (κ3) is 3.47. The number of carbonyl (C=O) groups is 1. The predicted molar refractivity (Wildman–Crippen MR) is 71.0 cm³/mol. The molecule has 2 unspecified atom stereocenters. The van der Waals surface area contributed by atoms with Crippen LogP contribution in [0.1, 0.15) is 24.8 Å². The number of thiophene rings is 1. The molecule has 0 saturated carbocycles. The van der Waals surface area contributed by atoms with Crippen molar-refractivity contribution < 1.29 is 4.79 Å². The molecule has 0 bridgehead atoms. The van der Waals surface area contributed by atoms with Gasteiger partial charge in [-0.05, 0) is 18.4 Å². The first-order chi connectivity index (χ1) is 7.07. The second-order valence-corrected chi connectivity index (χ2v) is 4.76. The third-order valence-corrected chi connectivity index (χ3v) is 3.70. The van der Waals surface area contributed by atoms with Crippen molar-refractivity contribution in [1.29, 1.82) is 0 Å². The fourth-order valence-corrected chi connectivity index (χ4v) is 2.19. The molecule has 0 aliphatic rings. The smallest absolute Gasteiger partial charge is 0.226 e. The summed E-state index contributed by atoms with van der Waals surface area (Å²) in [4.78, 5) is 14.8. The highest BCUT2D eigenvalue weighted by atomic mass is 35.5. The van der Waals surface area contributed by atoms with Crippen molar-refractivity contribution in [2.75, 3.05) is 13.6 Å². The van der Waals surface area contributed by atoms with Crippen molar-refractivity contribution >= 4 is 29.7 Å². The lowest BCUT2D eigenvalue weighted by Gasteiger charge is -2.26. The van der Waals surface area contributed by atoms with E-state index >= 15 is 0 Å². The summed E-state index contributed by atoms with van der Waals surface area (Å²) in [5.41, 5.74) is 5.48. The zero-order chi connectivity index (χ0) is 11.4. The summed E-state index contributed by atoms with van der Waals surface area (Å²) in [5.74, 6) is 0.0100. The van der Waals surface area contributed by atoms with E-state index in [4.69, 9.17) is 5.73 Å². The van der Waals surface area contributed by atoms with Crippen molar-refractivity contribution in [3.8, 4) is 0 Å². The first-order valence-electron chi connectivity index (χ1n) is 5.08. The summed E-state index contributed by atoms with van der Waals surface area (Å²) in [5, 5.41) is 2.02. The monoisotopic (exact) mass is 262 g/mol. The minimum Gasteiger partial charge on any atom is -0.338 e. The van der Waals surface area contributed by atoms with Crippen LogP contribution in [0.3, 0.4) is 0 Å². The highest BCUT2D eigenvalue weighted by Gasteiger charge is 2.21. The Balaban J connectivity index is 0.00000225. The number of halogens is 1. The number of rotatable bonds is 4. The molecular weight excluding hydrogens is 244 g/mol. The van der Waals surface area contributed by atoms with E-state index in [1.54, 1.807) is 16.2 Å². The average Bonchev–Trinajstić information content (AvgIpc) is 2.78. The van der Waals surface area contributed by atoms with Crippen LogP contribution < -0.4 is 5.73 Å². The topological polar surface area (TPSA) is 46.3 Å². The number of carbonyl (C=O) groups excluding carboxylic acids is 1. The molecule has 1 aromatic rings. The molecule has 3 nitrogen and oxygen atoms in total. The molecule has 1 amide bonds. The van der Waals surface area contributed by atoms with Gasteiger partial charge < -0.3 is 10.6 Å². The largest absolute Gasteiger partial charge is 0.338 e. The van der Waals surface area contributed by atoms with E-state index in [1.807, 2.05) is 38.4 Å². The Morgan fingerprint density at radius 1 is 1.56 bits per heavy atom. The van der Waals surface area contributed by atoms with Crippen molar-refractivity contribution in [1.82, 2.24) is 4.90 Å². The summed E-state index contributed by atoms with van der Waals surface area (Å²) in [6.45, 7) is 4.30. The Morgan fingerprint density at radius 3 is 2.62 bits per heavy atom. The maximum absolute atomic E-state index is 11.9. The van der Waals surface area contributed by atoms with Gasteiger partial charge in [-0.15, -0.1) is 23.7 Å². The van der Waals surface area contributed by atoms with Crippen molar-refractivity contribution in [3.05, 3.63) is 22.4 Å². The molecule has 0 radical (unpaired) electrons. The first kappa shape index (κ1) is 15.4. The molecule has 2 atom stereocenters. The molecule has 1 aromatic heterocycles. The van der Waals surface area contributed by atoms with Crippen molar-refractivity contribution in [3.63, 3.8) is 0 Å². The van der Waals surface area contributed by atoms with Crippen LogP contribution >= 0.6 is 23.7 Å². The van der Waals surface area contributed by atoms with Gasteiger partial charge >= 0.3 is 0 Å². The van der Waals surface area contributed by atoms with E-state index in [1.165, 1.54) is 4.88 Å². The first-order valence-corrected chi connectivity index (χ1v) is 5.96. The lowest BCUT2D eigenvalue weighted by Crippen LogP contribution is -2.36. The van der Waals surface area contributed by atoms with Gasteiger partial charge in [-0.1, -0.05) is 13.0 Å². The predicted octanol–water partition coefficient (Wildman–Crippen LogP) is 2.28. The second kappa shape index (κ2) is 6.89. The van der Waals surface area contributed by atoms with E-state index in [9.17, 15) is 4.79 Å². The summed E-state index contributed by atoms with van der Waals surface area (Å²) in [7, 11) is 1.83. The van der Waals surface area contributed by atoms with Gasteiger partial charge in [0.25, 0.3) is 0 Å². The zero-order valence-corrected chi connectivity index (χ0v) is 11.5. The molecule has 0 fully saturated rings. The molecule has 0 spiro atoms. The van der Waals surface area contributed by atoms with Gasteiger partial charge in [0.2, 0.25) is 5.91 Å². The van der Waals surface area contributed by atoms with E-state index in [0.717, 1.165) is 0 Å². The second-order valence-electron chi connectivity index (χ2n) is 3.78. The van der Waals surface area contributed by atoms with E-state index in [-0.39, 0.29) is 30.3 Å². The van der Waals surface area contributed by atoms with Gasteiger partial charge in [0.1, 0.15) is 0 Å². The molecule has 0 saturated heterocycles. The summed E-state index contributed by atoms with van der Waals surface area (Å²) < 4.78 is 0. The average molecular weight is 263 g/mol. The molecule has 16 heavy (non-hydrogen) atoms. The Bertz CT molecular complexity index is 316. The highest BCUT2D eigenvalue weighted by molar-refractivity contribution is 7.10. The van der Waals surface area contributed by atoms with Crippen LogP contribution in [-0.4, -0.2) is 24.4 Å². The van der Waals surface area contributed by atoms with Crippen LogP contribution in [0.4, 0.5) is 0 Å². The summed E-state index contributed by atoms with van der Waals surface area (Å²) in [6, 6.07) is 4.18. The Hall–Kier alpha value is -0.580.